The highest BCUT2D eigenvalue weighted by atomic mass is 19.1. The Labute approximate surface area is 155 Å². The number of nitrogens with zero attached hydrogens (tertiary/aromatic N) is 4. The second-order valence-corrected chi connectivity index (χ2v) is 5.86. The molecule has 0 fully saturated rings. The van der Waals surface area contributed by atoms with Gasteiger partial charge in [0.15, 0.2) is 5.65 Å². The zero-order chi connectivity index (χ0) is 18.8. The second-order valence-electron chi connectivity index (χ2n) is 5.86. The molecular weight excluding hydrogens is 339 g/mol. The van der Waals surface area contributed by atoms with Gasteiger partial charge in [0, 0.05) is 52.1 Å². The van der Waals surface area contributed by atoms with Crippen molar-refractivity contribution in [2.75, 3.05) is 0 Å². The van der Waals surface area contributed by atoms with Gasteiger partial charge < -0.3 is 0 Å². The van der Waals surface area contributed by atoms with Gasteiger partial charge in [-0.2, -0.15) is 0 Å². The van der Waals surface area contributed by atoms with Gasteiger partial charge in [0.25, 0.3) is 0 Å². The summed E-state index contributed by atoms with van der Waals surface area (Å²) in [7, 11) is 0. The lowest BCUT2D eigenvalue weighted by Gasteiger charge is -2.11. The smallest absolute Gasteiger partial charge is 0.160 e. The first-order valence-corrected chi connectivity index (χ1v) is 8.33. The molecule has 0 N–H and O–H groups in total. The molecule has 0 saturated heterocycles. The van der Waals surface area contributed by atoms with Crippen LogP contribution in [-0.2, 0) is 0 Å². The Morgan fingerprint density at radius 3 is 2.67 bits per heavy atom. The molecule has 0 radical (unpaired) electrons. The van der Waals surface area contributed by atoms with E-state index in [1.165, 1.54) is 6.08 Å². The van der Waals surface area contributed by atoms with Crippen molar-refractivity contribution in [1.82, 2.24) is 19.9 Å². The van der Waals surface area contributed by atoms with E-state index in [1.54, 1.807) is 24.8 Å². The summed E-state index contributed by atoms with van der Waals surface area (Å²) in [6.45, 7) is 7.20. The Morgan fingerprint density at radius 2 is 1.85 bits per heavy atom. The number of hydrogen-bond donors (Lipinski definition) is 0. The number of rotatable bonds is 4. The summed E-state index contributed by atoms with van der Waals surface area (Å²) in [6.07, 6.45) is 9.47. The Kier molecular flexibility index (Phi) is 4.26. The topological polar surface area (TPSA) is 51.6 Å². The molecule has 0 bridgehead atoms. The quantitative estimate of drug-likeness (QED) is 0.467. The Bertz CT molecular complexity index is 1220. The van der Waals surface area contributed by atoms with E-state index in [0.717, 1.165) is 33.5 Å². The maximum atomic E-state index is 14.3. The van der Waals surface area contributed by atoms with Crippen molar-refractivity contribution in [2.24, 2.45) is 0 Å². The molecule has 0 aliphatic carbocycles. The van der Waals surface area contributed by atoms with Crippen LogP contribution in [0.2, 0.25) is 0 Å². The van der Waals surface area contributed by atoms with E-state index in [2.05, 4.69) is 33.1 Å². The molecule has 4 heterocycles. The molecule has 130 valence electrons. The molecule has 0 spiro atoms. The number of allylic oxidation sites excluding steroid dienone is 4. The lowest BCUT2D eigenvalue weighted by molar-refractivity contribution is 0.671. The summed E-state index contributed by atoms with van der Waals surface area (Å²) in [5.41, 5.74) is 2.78. The lowest BCUT2D eigenvalue weighted by Crippen LogP contribution is -1.96. The highest BCUT2D eigenvalue weighted by Gasteiger charge is 2.15. The normalized spacial score (nSPS) is 12.0. The molecule has 0 aliphatic rings. The van der Waals surface area contributed by atoms with Crippen LogP contribution >= 0.6 is 0 Å². The molecule has 0 amide bonds. The fraction of sp³-hybridized carbons (Fsp3) is 0. The first-order chi connectivity index (χ1) is 13.2. The van der Waals surface area contributed by atoms with Crippen LogP contribution in [-0.4, -0.2) is 19.9 Å². The molecular formula is C22H15FN4. The summed E-state index contributed by atoms with van der Waals surface area (Å²) >= 11 is 0. The van der Waals surface area contributed by atoms with Crippen molar-refractivity contribution < 1.29 is 4.39 Å². The van der Waals surface area contributed by atoms with E-state index in [9.17, 15) is 4.39 Å². The standard InChI is InChI=1S/C22H15FN4/c1-3-15(19(23)4-2)20-12-18(17-6-5-9-26-22(17)27-20)21-16-8-10-24-13-14(16)7-11-25-21/h3-13H,1-2H2/b19-15-. The van der Waals surface area contributed by atoms with Gasteiger partial charge in [-0.3, -0.25) is 9.97 Å². The molecule has 5 heteroatoms. The van der Waals surface area contributed by atoms with E-state index in [-0.39, 0.29) is 5.57 Å². The predicted octanol–water partition coefficient (Wildman–Crippen LogP) is 5.29. The third-order valence-corrected chi connectivity index (χ3v) is 4.32. The number of halogens is 1. The van der Waals surface area contributed by atoms with Crippen molar-refractivity contribution in [2.45, 2.75) is 0 Å². The van der Waals surface area contributed by atoms with Crippen molar-refractivity contribution in [1.29, 1.82) is 0 Å². The van der Waals surface area contributed by atoms with E-state index >= 15 is 0 Å². The summed E-state index contributed by atoms with van der Waals surface area (Å²) in [5, 5.41) is 2.75. The average molecular weight is 354 g/mol. The molecule has 27 heavy (non-hydrogen) atoms. The maximum Gasteiger partial charge on any atom is 0.160 e. The van der Waals surface area contributed by atoms with Gasteiger partial charge in [-0.25, -0.2) is 14.4 Å². The van der Waals surface area contributed by atoms with Gasteiger partial charge in [-0.05, 0) is 36.4 Å². The van der Waals surface area contributed by atoms with Crippen LogP contribution < -0.4 is 0 Å². The second kappa shape index (κ2) is 6.88. The minimum Gasteiger partial charge on any atom is -0.264 e. The highest BCUT2D eigenvalue weighted by Crippen LogP contribution is 2.33. The number of aromatic nitrogens is 4. The van der Waals surface area contributed by atoms with Crippen LogP contribution in [0.3, 0.4) is 0 Å². The van der Waals surface area contributed by atoms with Crippen molar-refractivity contribution >= 4 is 27.4 Å². The Morgan fingerprint density at radius 1 is 0.963 bits per heavy atom. The van der Waals surface area contributed by atoms with Crippen LogP contribution in [0.25, 0.3) is 38.6 Å². The summed E-state index contributed by atoms with van der Waals surface area (Å²) < 4.78 is 14.3. The molecule has 0 saturated carbocycles. The molecule has 4 aromatic heterocycles. The number of pyridine rings is 4. The van der Waals surface area contributed by atoms with Crippen molar-refractivity contribution in [3.8, 4) is 11.3 Å². The SMILES string of the molecule is C=C/C(F)=C(\C=C)c1cc(-c2nccc3cnccc23)c2cccnc2n1. The number of fused-ring (bicyclic) bond motifs is 2. The lowest BCUT2D eigenvalue weighted by atomic mass is 10.00. The van der Waals surface area contributed by atoms with Crippen LogP contribution in [0.1, 0.15) is 5.69 Å². The molecule has 0 unspecified atom stereocenters. The van der Waals surface area contributed by atoms with Gasteiger partial charge in [0.2, 0.25) is 0 Å². The first-order valence-electron chi connectivity index (χ1n) is 8.33. The first kappa shape index (κ1) is 16.7. The van der Waals surface area contributed by atoms with Crippen molar-refractivity contribution in [3.63, 3.8) is 0 Å². The average Bonchev–Trinajstić information content (AvgIpc) is 2.73. The van der Waals surface area contributed by atoms with Crippen LogP contribution in [0, 0.1) is 0 Å². The molecule has 0 aliphatic heterocycles. The van der Waals surface area contributed by atoms with E-state index < -0.39 is 5.83 Å². The van der Waals surface area contributed by atoms with E-state index in [1.807, 2.05) is 30.3 Å². The molecule has 4 rings (SSSR count). The van der Waals surface area contributed by atoms with Crippen LogP contribution in [0.4, 0.5) is 4.39 Å². The Hall–Kier alpha value is -3.73. The maximum absolute atomic E-state index is 14.3. The minimum absolute atomic E-state index is 0.265. The molecule has 4 aromatic rings. The summed E-state index contributed by atoms with van der Waals surface area (Å²) in [6, 6.07) is 9.40. The fourth-order valence-electron chi connectivity index (χ4n) is 3.06. The Balaban J connectivity index is 2.11. The predicted molar refractivity (Wildman–Crippen MR) is 106 cm³/mol. The number of hydrogen-bond acceptors (Lipinski definition) is 4. The molecule has 0 aromatic carbocycles. The van der Waals surface area contributed by atoms with Crippen LogP contribution in [0.5, 0.6) is 0 Å². The minimum atomic E-state index is -0.492. The fourth-order valence-corrected chi connectivity index (χ4v) is 3.06. The van der Waals surface area contributed by atoms with Gasteiger partial charge in [0.1, 0.15) is 5.83 Å². The summed E-state index contributed by atoms with van der Waals surface area (Å²) in [4.78, 5) is 17.6. The van der Waals surface area contributed by atoms with E-state index in [0.29, 0.717) is 11.3 Å². The van der Waals surface area contributed by atoms with Crippen LogP contribution in [0.15, 0.2) is 86.3 Å². The zero-order valence-electron chi connectivity index (χ0n) is 14.4. The molecule has 0 atom stereocenters. The van der Waals surface area contributed by atoms with Gasteiger partial charge in [-0.1, -0.05) is 19.2 Å². The van der Waals surface area contributed by atoms with E-state index in [4.69, 9.17) is 0 Å². The van der Waals surface area contributed by atoms with Gasteiger partial charge in [0.05, 0.1) is 11.4 Å². The zero-order valence-corrected chi connectivity index (χ0v) is 14.4. The summed E-state index contributed by atoms with van der Waals surface area (Å²) in [5.74, 6) is -0.492. The van der Waals surface area contributed by atoms with Gasteiger partial charge in [-0.15, -0.1) is 0 Å². The third-order valence-electron chi connectivity index (χ3n) is 4.32. The third kappa shape index (κ3) is 2.89. The largest absolute Gasteiger partial charge is 0.264 e. The highest BCUT2D eigenvalue weighted by molar-refractivity contribution is 6.02. The molecule has 4 nitrogen and oxygen atoms in total. The van der Waals surface area contributed by atoms with Gasteiger partial charge >= 0.3 is 0 Å². The van der Waals surface area contributed by atoms with Crippen molar-refractivity contribution in [3.05, 3.63) is 91.9 Å². The monoisotopic (exact) mass is 354 g/mol.